The number of nitrogens with zero attached hydrogens (tertiary/aromatic N) is 2. The van der Waals surface area contributed by atoms with Crippen molar-refractivity contribution in [2.24, 2.45) is 5.73 Å². The molecular weight excluding hydrogens is 196 g/mol. The Morgan fingerprint density at radius 1 is 1.64 bits per heavy atom. The highest BCUT2D eigenvalue weighted by molar-refractivity contribution is 8.13. The Bertz CT molecular complexity index is 352. The number of nitriles is 1. The normalized spacial score (nSPS) is 9.36. The number of nitrogens with one attached hydrogen (secondary N) is 1. The molecule has 4 nitrogen and oxygen atoms in total. The molecule has 72 valence electrons. The standard InChI is InChI=1S/C9H10N4S/c10-4-3-7-1-2-8(13-5-7)6-14-9(11)12/h1-2,5H,3,6H2,(H3,11,12). The number of hydrogen-bond donors (Lipinski definition) is 2. The van der Waals surface area contributed by atoms with Gasteiger partial charge in [-0.25, -0.2) is 0 Å². The molecule has 14 heavy (non-hydrogen) atoms. The van der Waals surface area contributed by atoms with E-state index in [1.165, 1.54) is 11.8 Å². The summed E-state index contributed by atoms with van der Waals surface area (Å²) in [5, 5.41) is 15.6. The smallest absolute Gasteiger partial charge is 0.151 e. The van der Waals surface area contributed by atoms with Crippen LogP contribution in [0.15, 0.2) is 18.3 Å². The quantitative estimate of drug-likeness (QED) is 0.576. The molecule has 0 atom stereocenters. The van der Waals surface area contributed by atoms with Crippen LogP contribution in [0.2, 0.25) is 0 Å². The van der Waals surface area contributed by atoms with Gasteiger partial charge in [0.1, 0.15) is 0 Å². The van der Waals surface area contributed by atoms with Gasteiger partial charge in [-0.2, -0.15) is 5.26 Å². The zero-order valence-corrected chi connectivity index (χ0v) is 8.34. The summed E-state index contributed by atoms with van der Waals surface area (Å²) >= 11 is 1.24. The fourth-order valence-electron chi connectivity index (χ4n) is 0.888. The third kappa shape index (κ3) is 3.46. The van der Waals surface area contributed by atoms with Gasteiger partial charge in [-0.05, 0) is 11.6 Å². The molecule has 0 radical (unpaired) electrons. The summed E-state index contributed by atoms with van der Waals surface area (Å²) in [5.74, 6) is 0.599. The molecule has 1 rings (SSSR count). The van der Waals surface area contributed by atoms with E-state index in [4.69, 9.17) is 16.4 Å². The minimum Gasteiger partial charge on any atom is -0.379 e. The van der Waals surface area contributed by atoms with Crippen molar-refractivity contribution in [3.8, 4) is 6.07 Å². The summed E-state index contributed by atoms with van der Waals surface area (Å²) in [7, 11) is 0. The molecule has 1 aromatic rings. The Morgan fingerprint density at radius 2 is 2.43 bits per heavy atom. The Balaban J connectivity index is 2.56. The van der Waals surface area contributed by atoms with E-state index in [-0.39, 0.29) is 5.17 Å². The molecule has 0 fully saturated rings. The van der Waals surface area contributed by atoms with E-state index in [1.807, 2.05) is 12.1 Å². The van der Waals surface area contributed by atoms with E-state index in [9.17, 15) is 0 Å². The average molecular weight is 206 g/mol. The molecule has 0 spiro atoms. The molecule has 0 aliphatic carbocycles. The van der Waals surface area contributed by atoms with Crippen molar-refractivity contribution in [1.82, 2.24) is 4.98 Å². The van der Waals surface area contributed by atoms with Gasteiger partial charge in [-0.1, -0.05) is 17.8 Å². The van der Waals surface area contributed by atoms with E-state index in [1.54, 1.807) is 6.20 Å². The summed E-state index contributed by atoms with van der Waals surface area (Å²) in [6, 6.07) is 5.77. The monoisotopic (exact) mass is 206 g/mol. The zero-order chi connectivity index (χ0) is 10.4. The van der Waals surface area contributed by atoms with Crippen LogP contribution in [0.4, 0.5) is 0 Å². The van der Waals surface area contributed by atoms with Crippen LogP contribution in [0.25, 0.3) is 0 Å². The lowest BCUT2D eigenvalue weighted by molar-refractivity contribution is 1.12. The number of amidine groups is 1. The number of thioether (sulfide) groups is 1. The van der Waals surface area contributed by atoms with Crippen LogP contribution in [-0.4, -0.2) is 10.2 Å². The SMILES string of the molecule is N#CCc1ccc(CSC(=N)N)nc1. The molecule has 1 aromatic heterocycles. The van der Waals surface area contributed by atoms with Crippen LogP contribution < -0.4 is 5.73 Å². The first-order chi connectivity index (χ1) is 6.72. The second kappa shape index (κ2) is 5.25. The predicted molar refractivity (Wildman–Crippen MR) is 56.8 cm³/mol. The molecule has 0 aromatic carbocycles. The van der Waals surface area contributed by atoms with Gasteiger partial charge in [-0.15, -0.1) is 0 Å². The van der Waals surface area contributed by atoms with Crippen LogP contribution in [0.5, 0.6) is 0 Å². The Kier molecular flexibility index (Phi) is 3.95. The molecule has 0 unspecified atom stereocenters. The molecule has 0 saturated carbocycles. The van der Waals surface area contributed by atoms with E-state index < -0.39 is 0 Å². The lowest BCUT2D eigenvalue weighted by Gasteiger charge is -1.99. The first-order valence-corrected chi connectivity index (χ1v) is 4.98. The van der Waals surface area contributed by atoms with Crippen molar-refractivity contribution in [1.29, 1.82) is 10.7 Å². The van der Waals surface area contributed by atoms with Gasteiger partial charge in [0.2, 0.25) is 0 Å². The first-order valence-electron chi connectivity index (χ1n) is 4.00. The summed E-state index contributed by atoms with van der Waals surface area (Å²) in [4.78, 5) is 4.15. The van der Waals surface area contributed by atoms with Crippen LogP contribution in [0.1, 0.15) is 11.3 Å². The lowest BCUT2D eigenvalue weighted by Crippen LogP contribution is -2.04. The maximum Gasteiger partial charge on any atom is 0.151 e. The topological polar surface area (TPSA) is 86.5 Å². The summed E-state index contributed by atoms with van der Waals surface area (Å²) in [5.41, 5.74) is 6.97. The summed E-state index contributed by atoms with van der Waals surface area (Å²) in [6.07, 6.45) is 2.06. The van der Waals surface area contributed by atoms with Gasteiger partial charge in [0.25, 0.3) is 0 Å². The Morgan fingerprint density at radius 3 is 2.93 bits per heavy atom. The molecule has 5 heteroatoms. The van der Waals surface area contributed by atoms with Crippen molar-refractivity contribution >= 4 is 16.9 Å². The largest absolute Gasteiger partial charge is 0.379 e. The molecule has 3 N–H and O–H groups in total. The average Bonchev–Trinajstić information content (AvgIpc) is 2.17. The Hall–Kier alpha value is -1.54. The lowest BCUT2D eigenvalue weighted by atomic mass is 10.2. The van der Waals surface area contributed by atoms with Gasteiger partial charge in [0, 0.05) is 11.9 Å². The number of pyridine rings is 1. The Labute approximate surface area is 86.7 Å². The zero-order valence-electron chi connectivity index (χ0n) is 7.53. The fraction of sp³-hybridized carbons (Fsp3) is 0.222. The number of hydrogen-bond acceptors (Lipinski definition) is 4. The van der Waals surface area contributed by atoms with Crippen molar-refractivity contribution in [3.05, 3.63) is 29.6 Å². The molecule has 0 aliphatic heterocycles. The highest BCUT2D eigenvalue weighted by Gasteiger charge is 1.97. The van der Waals surface area contributed by atoms with Crippen LogP contribution in [0, 0.1) is 16.7 Å². The van der Waals surface area contributed by atoms with E-state index >= 15 is 0 Å². The maximum absolute atomic E-state index is 8.44. The first kappa shape index (κ1) is 10.5. The predicted octanol–water partition coefficient (Wildman–Crippen LogP) is 1.27. The fourth-order valence-corrected chi connectivity index (χ4v) is 1.36. The number of nitrogens with two attached hydrogens (primary N) is 1. The minimum atomic E-state index is 0.0906. The van der Waals surface area contributed by atoms with E-state index in [0.717, 1.165) is 11.3 Å². The van der Waals surface area contributed by atoms with Gasteiger partial charge in [0.15, 0.2) is 5.17 Å². The molecule has 0 saturated heterocycles. The molecule has 0 aliphatic rings. The highest BCUT2D eigenvalue weighted by atomic mass is 32.2. The molecule has 0 bridgehead atoms. The van der Waals surface area contributed by atoms with Crippen molar-refractivity contribution in [3.63, 3.8) is 0 Å². The molecular formula is C9H10N4S. The third-order valence-electron chi connectivity index (χ3n) is 1.54. The van der Waals surface area contributed by atoms with Crippen LogP contribution >= 0.6 is 11.8 Å². The highest BCUT2D eigenvalue weighted by Crippen LogP contribution is 2.09. The molecule has 1 heterocycles. The second-order valence-corrected chi connectivity index (χ2v) is 3.66. The van der Waals surface area contributed by atoms with Gasteiger partial charge < -0.3 is 5.73 Å². The van der Waals surface area contributed by atoms with Crippen molar-refractivity contribution in [2.75, 3.05) is 0 Å². The van der Waals surface area contributed by atoms with Crippen LogP contribution in [-0.2, 0) is 12.2 Å². The van der Waals surface area contributed by atoms with E-state index in [2.05, 4.69) is 11.1 Å². The number of aromatic nitrogens is 1. The molecule has 0 amide bonds. The van der Waals surface area contributed by atoms with Gasteiger partial charge >= 0.3 is 0 Å². The summed E-state index contributed by atoms with van der Waals surface area (Å²) in [6.45, 7) is 0. The third-order valence-corrected chi connectivity index (χ3v) is 2.30. The minimum absolute atomic E-state index is 0.0906. The van der Waals surface area contributed by atoms with Crippen molar-refractivity contribution in [2.45, 2.75) is 12.2 Å². The van der Waals surface area contributed by atoms with Gasteiger partial charge in [-0.3, -0.25) is 10.4 Å². The maximum atomic E-state index is 8.44. The van der Waals surface area contributed by atoms with E-state index in [0.29, 0.717) is 12.2 Å². The number of rotatable bonds is 3. The second-order valence-electron chi connectivity index (χ2n) is 2.65. The van der Waals surface area contributed by atoms with Crippen LogP contribution in [0.3, 0.4) is 0 Å². The van der Waals surface area contributed by atoms with Gasteiger partial charge in [0.05, 0.1) is 18.2 Å². The van der Waals surface area contributed by atoms with Crippen molar-refractivity contribution < 1.29 is 0 Å². The summed E-state index contributed by atoms with van der Waals surface area (Å²) < 4.78 is 0.